The molecule has 1 aromatic carbocycles. The third kappa shape index (κ3) is 4.36. The second-order valence-electron chi connectivity index (χ2n) is 4.54. The molecule has 0 radical (unpaired) electrons. The lowest BCUT2D eigenvalue weighted by atomic mass is 10.3. The Morgan fingerprint density at radius 2 is 2.00 bits per heavy atom. The van der Waals surface area contributed by atoms with Crippen LogP contribution in [0.3, 0.4) is 0 Å². The van der Waals surface area contributed by atoms with Crippen LogP contribution < -0.4 is 10.1 Å². The van der Waals surface area contributed by atoms with Gasteiger partial charge in [0.25, 0.3) is 0 Å². The lowest BCUT2D eigenvalue weighted by molar-refractivity contribution is 0.448. The van der Waals surface area contributed by atoms with Crippen LogP contribution in [0.15, 0.2) is 35.2 Å². The van der Waals surface area contributed by atoms with Gasteiger partial charge in [0.2, 0.25) is 5.88 Å². The van der Waals surface area contributed by atoms with Crippen molar-refractivity contribution in [3.63, 3.8) is 0 Å². The first-order valence-electron chi connectivity index (χ1n) is 7.19. The van der Waals surface area contributed by atoms with Crippen LogP contribution in [0.1, 0.15) is 26.1 Å². The van der Waals surface area contributed by atoms with Crippen molar-refractivity contribution in [2.75, 3.05) is 18.1 Å². The lowest BCUT2D eigenvalue weighted by Crippen LogP contribution is -2.04. The molecule has 0 fully saturated rings. The van der Waals surface area contributed by atoms with Gasteiger partial charge in [0.05, 0.1) is 0 Å². The number of nitrogens with one attached hydrogen (secondary N) is 1. The molecular formula is C16H21N3OS. The van der Waals surface area contributed by atoms with Crippen LogP contribution in [0.2, 0.25) is 0 Å². The summed E-state index contributed by atoms with van der Waals surface area (Å²) in [5.74, 6) is 3.04. The van der Waals surface area contributed by atoms with E-state index in [2.05, 4.69) is 22.2 Å². The Balaban J connectivity index is 2.29. The molecule has 1 N–H and O–H groups in total. The first-order chi connectivity index (χ1) is 10.3. The number of nitrogens with zero attached hydrogens (tertiary/aromatic N) is 2. The summed E-state index contributed by atoms with van der Waals surface area (Å²) >= 11 is 1.66. The minimum atomic E-state index is 0.589. The summed E-state index contributed by atoms with van der Waals surface area (Å²) in [6.45, 7) is 4.99. The number of anilines is 1. The first-order valence-corrected chi connectivity index (χ1v) is 8.42. The average Bonchev–Trinajstić information content (AvgIpc) is 2.48. The summed E-state index contributed by atoms with van der Waals surface area (Å²) in [5, 5.41) is 3.22. The predicted octanol–water partition coefficient (Wildman–Crippen LogP) is 4.38. The second kappa shape index (κ2) is 7.88. The molecule has 1 heterocycles. The maximum atomic E-state index is 5.96. The molecule has 21 heavy (non-hydrogen) atoms. The second-order valence-corrected chi connectivity index (χ2v) is 5.39. The molecule has 0 saturated heterocycles. The molecule has 0 bridgehead atoms. The summed E-state index contributed by atoms with van der Waals surface area (Å²) < 4.78 is 5.96. The highest BCUT2D eigenvalue weighted by atomic mass is 32.2. The Labute approximate surface area is 130 Å². The van der Waals surface area contributed by atoms with Gasteiger partial charge in [-0.15, -0.1) is 11.8 Å². The quantitative estimate of drug-likeness (QED) is 0.769. The van der Waals surface area contributed by atoms with Gasteiger partial charge in [-0.05, 0) is 31.7 Å². The third-order valence-corrected chi connectivity index (χ3v) is 3.64. The van der Waals surface area contributed by atoms with Crippen molar-refractivity contribution in [3.05, 3.63) is 36.2 Å². The fraction of sp³-hybridized carbons (Fsp3) is 0.375. The van der Waals surface area contributed by atoms with E-state index in [0.717, 1.165) is 41.7 Å². The van der Waals surface area contributed by atoms with E-state index in [4.69, 9.17) is 4.74 Å². The van der Waals surface area contributed by atoms with Crippen molar-refractivity contribution in [1.82, 2.24) is 9.97 Å². The number of thioether (sulfide) groups is 1. The van der Waals surface area contributed by atoms with Gasteiger partial charge < -0.3 is 10.1 Å². The highest BCUT2D eigenvalue weighted by Gasteiger charge is 2.08. The summed E-state index contributed by atoms with van der Waals surface area (Å²) in [7, 11) is 0. The van der Waals surface area contributed by atoms with Crippen LogP contribution in [0, 0.1) is 0 Å². The van der Waals surface area contributed by atoms with Crippen molar-refractivity contribution in [1.29, 1.82) is 0 Å². The SMILES string of the molecule is CCCc1nc(NCC)cc(Oc2ccccc2SC)n1. The minimum absolute atomic E-state index is 0.589. The van der Waals surface area contributed by atoms with Crippen molar-refractivity contribution in [2.45, 2.75) is 31.6 Å². The smallest absolute Gasteiger partial charge is 0.224 e. The number of benzene rings is 1. The molecule has 0 aliphatic carbocycles. The monoisotopic (exact) mass is 303 g/mol. The van der Waals surface area contributed by atoms with E-state index in [1.165, 1.54) is 0 Å². The lowest BCUT2D eigenvalue weighted by Gasteiger charge is -2.11. The summed E-state index contributed by atoms with van der Waals surface area (Å²) in [6, 6.07) is 9.82. The van der Waals surface area contributed by atoms with Crippen LogP contribution in [0.25, 0.3) is 0 Å². The molecule has 1 aromatic heterocycles. The number of hydrogen-bond donors (Lipinski definition) is 1. The average molecular weight is 303 g/mol. The zero-order valence-electron chi connectivity index (χ0n) is 12.7. The van der Waals surface area contributed by atoms with Crippen molar-refractivity contribution in [3.8, 4) is 11.6 Å². The van der Waals surface area contributed by atoms with Gasteiger partial charge in [0.1, 0.15) is 17.4 Å². The van der Waals surface area contributed by atoms with Crippen LogP contribution >= 0.6 is 11.8 Å². The van der Waals surface area contributed by atoms with Gasteiger partial charge in [-0.3, -0.25) is 0 Å². The minimum Gasteiger partial charge on any atom is -0.438 e. The Bertz CT molecular complexity index is 565. The molecule has 112 valence electrons. The highest BCUT2D eigenvalue weighted by molar-refractivity contribution is 7.98. The van der Waals surface area contributed by atoms with E-state index in [-0.39, 0.29) is 0 Å². The molecule has 0 spiro atoms. The first kappa shape index (κ1) is 15.6. The standard InChI is InChI=1S/C16H21N3OS/c1-4-8-14-18-15(17-5-2)11-16(19-14)20-12-9-6-7-10-13(12)21-3/h6-7,9-11H,4-5,8H2,1-3H3,(H,17,18,19). The Morgan fingerprint density at radius 1 is 1.19 bits per heavy atom. The molecule has 2 rings (SSSR count). The van der Waals surface area contributed by atoms with Gasteiger partial charge in [0.15, 0.2) is 0 Å². The van der Waals surface area contributed by atoms with E-state index in [1.807, 2.05) is 43.5 Å². The normalized spacial score (nSPS) is 10.4. The molecule has 0 aliphatic heterocycles. The van der Waals surface area contributed by atoms with E-state index >= 15 is 0 Å². The number of hydrogen-bond acceptors (Lipinski definition) is 5. The zero-order chi connectivity index (χ0) is 15.1. The predicted molar refractivity (Wildman–Crippen MR) is 88.5 cm³/mol. The molecular weight excluding hydrogens is 282 g/mol. The van der Waals surface area contributed by atoms with Gasteiger partial charge in [-0.2, -0.15) is 4.98 Å². The van der Waals surface area contributed by atoms with Crippen LogP contribution in [-0.2, 0) is 6.42 Å². The van der Waals surface area contributed by atoms with Gasteiger partial charge in [-0.25, -0.2) is 4.98 Å². The number of para-hydroxylation sites is 1. The molecule has 0 aliphatic rings. The molecule has 0 unspecified atom stereocenters. The number of aryl methyl sites for hydroxylation is 1. The summed E-state index contributed by atoms with van der Waals surface area (Å²) in [5.41, 5.74) is 0. The number of ether oxygens (including phenoxy) is 1. The zero-order valence-corrected chi connectivity index (χ0v) is 13.5. The van der Waals surface area contributed by atoms with Crippen LogP contribution in [-0.4, -0.2) is 22.8 Å². The van der Waals surface area contributed by atoms with Crippen molar-refractivity contribution < 1.29 is 4.74 Å². The molecule has 5 heteroatoms. The maximum Gasteiger partial charge on any atom is 0.224 e. The highest BCUT2D eigenvalue weighted by Crippen LogP contribution is 2.31. The third-order valence-electron chi connectivity index (χ3n) is 2.86. The number of aromatic nitrogens is 2. The van der Waals surface area contributed by atoms with E-state index in [9.17, 15) is 0 Å². The summed E-state index contributed by atoms with van der Waals surface area (Å²) in [4.78, 5) is 10.1. The van der Waals surface area contributed by atoms with E-state index in [1.54, 1.807) is 11.8 Å². The van der Waals surface area contributed by atoms with E-state index < -0.39 is 0 Å². The maximum absolute atomic E-state index is 5.96. The molecule has 0 amide bonds. The van der Waals surface area contributed by atoms with Crippen LogP contribution in [0.5, 0.6) is 11.6 Å². The molecule has 4 nitrogen and oxygen atoms in total. The topological polar surface area (TPSA) is 47.0 Å². The molecule has 0 saturated carbocycles. The number of rotatable bonds is 7. The fourth-order valence-corrected chi connectivity index (χ4v) is 2.47. The van der Waals surface area contributed by atoms with Crippen molar-refractivity contribution in [2.24, 2.45) is 0 Å². The van der Waals surface area contributed by atoms with Crippen LogP contribution in [0.4, 0.5) is 5.82 Å². The van der Waals surface area contributed by atoms with Gasteiger partial charge >= 0.3 is 0 Å². The van der Waals surface area contributed by atoms with E-state index in [0.29, 0.717) is 5.88 Å². The Hall–Kier alpha value is -1.75. The Kier molecular flexibility index (Phi) is 5.87. The largest absolute Gasteiger partial charge is 0.438 e. The van der Waals surface area contributed by atoms with Gasteiger partial charge in [-0.1, -0.05) is 19.1 Å². The molecule has 2 aromatic rings. The Morgan fingerprint density at radius 3 is 2.71 bits per heavy atom. The van der Waals surface area contributed by atoms with Crippen molar-refractivity contribution >= 4 is 17.6 Å². The summed E-state index contributed by atoms with van der Waals surface area (Å²) in [6.07, 6.45) is 3.89. The van der Waals surface area contributed by atoms with Gasteiger partial charge in [0, 0.05) is 23.9 Å². The fourth-order valence-electron chi connectivity index (χ4n) is 1.95. The molecule has 0 atom stereocenters.